The maximum Gasteiger partial charge on any atom is 0.306 e. The molecule has 0 radical (unpaired) electrons. The van der Waals surface area contributed by atoms with Crippen molar-refractivity contribution in [2.24, 2.45) is 28.6 Å². The molecule has 3 saturated carbocycles. The Labute approximate surface area is 200 Å². The summed E-state index contributed by atoms with van der Waals surface area (Å²) < 4.78 is 23.3. The van der Waals surface area contributed by atoms with Gasteiger partial charge in [-0.15, -0.1) is 0 Å². The topological polar surface area (TPSA) is 101 Å². The number of hydrogen-bond donors (Lipinski definition) is 2. The summed E-state index contributed by atoms with van der Waals surface area (Å²) >= 11 is 0. The third kappa shape index (κ3) is 3.08. The minimum absolute atomic E-state index is 0.0769. The van der Waals surface area contributed by atoms with Gasteiger partial charge in [0.2, 0.25) is 5.78 Å². The van der Waals surface area contributed by atoms with Gasteiger partial charge in [0, 0.05) is 29.1 Å². The van der Waals surface area contributed by atoms with Gasteiger partial charge in [0.25, 0.3) is 0 Å². The maximum atomic E-state index is 17.3. The Morgan fingerprint density at radius 3 is 2.62 bits per heavy atom. The predicted octanol–water partition coefficient (Wildman–Crippen LogP) is 3.64. The van der Waals surface area contributed by atoms with Gasteiger partial charge >= 0.3 is 5.97 Å². The summed E-state index contributed by atoms with van der Waals surface area (Å²) in [5.74, 6) is -2.62. The lowest BCUT2D eigenvalue weighted by Crippen LogP contribution is -2.70. The summed E-state index contributed by atoms with van der Waals surface area (Å²) in [4.78, 5) is 38.1. The van der Waals surface area contributed by atoms with Crippen LogP contribution in [0.1, 0.15) is 72.6 Å². The molecule has 0 aromatic heterocycles. The molecule has 8 atom stereocenters. The van der Waals surface area contributed by atoms with Crippen LogP contribution in [0.25, 0.3) is 0 Å². The maximum absolute atomic E-state index is 17.3. The molecule has 0 aliphatic heterocycles. The lowest BCUT2D eigenvalue weighted by molar-refractivity contribution is -0.228. The van der Waals surface area contributed by atoms with Crippen molar-refractivity contribution in [3.8, 4) is 0 Å². The van der Waals surface area contributed by atoms with Crippen molar-refractivity contribution in [2.75, 3.05) is 6.61 Å². The van der Waals surface area contributed by atoms with Crippen molar-refractivity contribution < 1.29 is 33.7 Å². The molecule has 2 unspecified atom stereocenters. The molecule has 188 valence electrons. The average Bonchev–Trinajstić information content (AvgIpc) is 3.00. The summed E-state index contributed by atoms with van der Waals surface area (Å²) in [6, 6.07) is 0. The van der Waals surface area contributed by atoms with Crippen LogP contribution in [0.2, 0.25) is 0 Å². The molecule has 0 aromatic rings. The van der Waals surface area contributed by atoms with Gasteiger partial charge in [0.1, 0.15) is 6.61 Å². The number of unbranched alkanes of at least 4 members (excludes halogenated alkanes) is 1. The number of fused-ring (bicyclic) bond motifs is 5. The summed E-state index contributed by atoms with van der Waals surface area (Å²) in [5, 5.41) is 21.4. The van der Waals surface area contributed by atoms with E-state index in [1.54, 1.807) is 13.0 Å². The molecule has 0 amide bonds. The number of ether oxygens (including phenoxy) is 1. The molecule has 7 heteroatoms. The molecule has 6 nitrogen and oxygen atoms in total. The molecule has 2 N–H and O–H groups in total. The Morgan fingerprint density at radius 1 is 1.26 bits per heavy atom. The molecule has 4 aliphatic rings. The van der Waals surface area contributed by atoms with Crippen molar-refractivity contribution in [2.45, 2.75) is 90.0 Å². The fourth-order valence-electron chi connectivity index (χ4n) is 8.07. The number of halogens is 1. The molecular weight excluding hydrogens is 439 g/mol. The smallest absolute Gasteiger partial charge is 0.306 e. The summed E-state index contributed by atoms with van der Waals surface area (Å²) in [6.07, 6.45) is 5.92. The van der Waals surface area contributed by atoms with E-state index in [-0.39, 0.29) is 24.5 Å². The van der Waals surface area contributed by atoms with E-state index in [1.807, 2.05) is 20.8 Å². The molecule has 3 fully saturated rings. The number of carbonyl (C=O) groups is 3. The van der Waals surface area contributed by atoms with Crippen LogP contribution in [-0.2, 0) is 19.1 Å². The molecule has 0 saturated heterocycles. The van der Waals surface area contributed by atoms with Gasteiger partial charge in [-0.1, -0.05) is 38.8 Å². The van der Waals surface area contributed by atoms with E-state index in [2.05, 4.69) is 0 Å². The summed E-state index contributed by atoms with van der Waals surface area (Å²) in [7, 11) is 0. The highest BCUT2D eigenvalue weighted by molar-refractivity contribution is 6.01. The van der Waals surface area contributed by atoms with Gasteiger partial charge in [-0.3, -0.25) is 14.4 Å². The van der Waals surface area contributed by atoms with Crippen molar-refractivity contribution in [1.82, 2.24) is 0 Å². The number of allylic oxidation sites excluding steroid dienone is 4. The number of hydrogen-bond acceptors (Lipinski definition) is 6. The fourth-order valence-corrected chi connectivity index (χ4v) is 8.07. The Bertz CT molecular complexity index is 957. The minimum Gasteiger partial charge on any atom is -0.450 e. The monoisotopic (exact) mass is 476 g/mol. The molecule has 0 spiro atoms. The van der Waals surface area contributed by atoms with Gasteiger partial charge < -0.3 is 14.9 Å². The van der Waals surface area contributed by atoms with Gasteiger partial charge in [-0.25, -0.2) is 4.39 Å². The highest BCUT2D eigenvalue weighted by Crippen LogP contribution is 2.71. The molecule has 0 bridgehead atoms. The molecule has 4 aliphatic carbocycles. The van der Waals surface area contributed by atoms with Crippen LogP contribution in [0, 0.1) is 28.6 Å². The van der Waals surface area contributed by atoms with E-state index < -0.39 is 58.4 Å². The van der Waals surface area contributed by atoms with Crippen molar-refractivity contribution >= 4 is 17.5 Å². The van der Waals surface area contributed by atoms with E-state index in [0.29, 0.717) is 31.3 Å². The van der Waals surface area contributed by atoms with E-state index in [0.717, 1.165) is 6.42 Å². The van der Waals surface area contributed by atoms with E-state index in [4.69, 9.17) is 4.74 Å². The number of aliphatic hydroxyl groups is 2. The lowest BCUT2D eigenvalue weighted by atomic mass is 9.44. The predicted molar refractivity (Wildman–Crippen MR) is 123 cm³/mol. The number of aliphatic hydroxyl groups excluding tert-OH is 2. The van der Waals surface area contributed by atoms with Crippen LogP contribution in [0.15, 0.2) is 23.8 Å². The highest BCUT2D eigenvalue weighted by atomic mass is 19.1. The van der Waals surface area contributed by atoms with Crippen LogP contribution >= 0.6 is 0 Å². The van der Waals surface area contributed by atoms with Gasteiger partial charge in [0.05, 0.1) is 6.10 Å². The van der Waals surface area contributed by atoms with E-state index >= 15 is 4.39 Å². The first-order chi connectivity index (χ1) is 15.9. The van der Waals surface area contributed by atoms with E-state index in [9.17, 15) is 24.6 Å². The number of alkyl halides is 1. The van der Waals surface area contributed by atoms with Crippen molar-refractivity contribution in [3.05, 3.63) is 23.8 Å². The largest absolute Gasteiger partial charge is 0.450 e. The lowest BCUT2D eigenvalue weighted by Gasteiger charge is -2.62. The number of Topliss-reactive ketones (excluding diaryl/α,β-unsaturated/α-hetero) is 1. The molecular formula is C27H37FO6. The Balaban J connectivity index is 1.80. The normalized spacial score (nSPS) is 45.1. The van der Waals surface area contributed by atoms with Crippen molar-refractivity contribution in [1.29, 1.82) is 0 Å². The second-order valence-corrected chi connectivity index (χ2v) is 11.3. The van der Waals surface area contributed by atoms with Crippen molar-refractivity contribution in [3.63, 3.8) is 0 Å². The number of esters is 1. The Morgan fingerprint density at radius 2 is 1.97 bits per heavy atom. The van der Waals surface area contributed by atoms with Crippen LogP contribution in [0.3, 0.4) is 0 Å². The average molecular weight is 477 g/mol. The Kier molecular flexibility index (Phi) is 6.21. The van der Waals surface area contributed by atoms with Gasteiger partial charge in [-0.2, -0.15) is 0 Å². The van der Waals surface area contributed by atoms with E-state index in [1.165, 1.54) is 12.2 Å². The summed E-state index contributed by atoms with van der Waals surface area (Å²) in [6.45, 7) is 6.55. The van der Waals surface area contributed by atoms with Crippen LogP contribution in [0.4, 0.5) is 4.39 Å². The first-order valence-corrected chi connectivity index (χ1v) is 12.6. The minimum atomic E-state index is -2.03. The Hall–Kier alpha value is -1.86. The zero-order chi connectivity index (χ0) is 25.1. The zero-order valence-electron chi connectivity index (χ0n) is 20.6. The molecule has 0 aromatic carbocycles. The highest BCUT2D eigenvalue weighted by Gasteiger charge is 2.77. The van der Waals surface area contributed by atoms with Crippen LogP contribution < -0.4 is 0 Å². The van der Waals surface area contributed by atoms with Gasteiger partial charge in [-0.05, 0) is 57.1 Å². The second kappa shape index (κ2) is 8.37. The van der Waals surface area contributed by atoms with Gasteiger partial charge in [0.15, 0.2) is 17.1 Å². The standard InChI is InChI=1S/C27H37FO6/c1-5-6-7-23(33)34-27(22(32)15-29)16(2)12-20-19-9-8-17-13-18(30)10-11-24(17,3)26(19,28)21(31)14-25(20,27)4/h10-11,13,16,19-21,29,31H,5-9,12,14-15H2,1-4H3/t16-,19?,20?,21-,24+,25-,26-,27-/m0/s1. The quantitative estimate of drug-likeness (QED) is 0.568. The molecule has 4 rings (SSSR count). The zero-order valence-corrected chi connectivity index (χ0v) is 20.6. The number of rotatable bonds is 6. The second-order valence-electron chi connectivity index (χ2n) is 11.3. The van der Waals surface area contributed by atoms with Crippen LogP contribution in [0.5, 0.6) is 0 Å². The first-order valence-electron chi connectivity index (χ1n) is 12.6. The summed E-state index contributed by atoms with van der Waals surface area (Å²) in [5.41, 5.74) is -5.11. The fraction of sp³-hybridized carbons (Fsp3) is 0.741. The van der Waals surface area contributed by atoms with Crippen LogP contribution in [-0.4, -0.2) is 51.7 Å². The number of ketones is 2. The first kappa shape index (κ1) is 25.2. The SMILES string of the molecule is CCCCC(=O)O[C@]1(C(=O)CO)[C@@H](C)CC2C3CCC4=CC(=O)C=C[C@@]4(C)[C@@]3(F)[C@@H](O)C[C@@]21C. The molecule has 34 heavy (non-hydrogen) atoms. The third-order valence-electron chi connectivity index (χ3n) is 9.75. The molecule has 0 heterocycles. The number of carbonyl (C=O) groups excluding carboxylic acids is 3. The third-order valence-corrected chi connectivity index (χ3v) is 9.75.